The fraction of sp³-hybridized carbons (Fsp3) is 0.692. The van der Waals surface area contributed by atoms with Gasteiger partial charge in [-0.2, -0.15) is 11.1 Å². The molecule has 0 radical (unpaired) electrons. The van der Waals surface area contributed by atoms with Gasteiger partial charge in [-0.15, -0.1) is 0 Å². The van der Waals surface area contributed by atoms with Crippen molar-refractivity contribution < 1.29 is 0 Å². The van der Waals surface area contributed by atoms with Crippen molar-refractivity contribution in [1.29, 1.82) is 0 Å². The van der Waals surface area contributed by atoms with Crippen molar-refractivity contribution in [2.75, 3.05) is 0 Å². The highest BCUT2D eigenvalue weighted by Gasteiger charge is 2.41. The van der Waals surface area contributed by atoms with Gasteiger partial charge in [0.25, 0.3) is 0 Å². The summed E-state index contributed by atoms with van der Waals surface area (Å²) in [5.74, 6) is 0. The van der Waals surface area contributed by atoms with Gasteiger partial charge in [-0.05, 0) is 17.5 Å². The van der Waals surface area contributed by atoms with E-state index in [1.807, 2.05) is 0 Å². The lowest BCUT2D eigenvalue weighted by Gasteiger charge is -2.38. The number of allylic oxidation sites excluding steroid dienone is 4. The van der Waals surface area contributed by atoms with Gasteiger partial charge < -0.3 is 0 Å². The highest BCUT2D eigenvalue weighted by Crippen LogP contribution is 2.47. The van der Waals surface area contributed by atoms with Gasteiger partial charge in [0.2, 0.25) is 0 Å². The molecule has 0 heterocycles. The lowest BCUT2D eigenvalue weighted by atomic mass is 10.0. The molecule has 2 heteroatoms. The summed E-state index contributed by atoms with van der Waals surface area (Å²) in [5.41, 5.74) is 1.53. The largest absolute Gasteiger partial charge is 0.166 e. The van der Waals surface area contributed by atoms with Gasteiger partial charge >= 0.3 is 0 Å². The van der Waals surface area contributed by atoms with Crippen molar-refractivity contribution in [1.82, 2.24) is 0 Å². The molecule has 0 amide bonds. The van der Waals surface area contributed by atoms with E-state index in [4.69, 9.17) is 11.1 Å². The molecule has 1 fully saturated rings. The smallest absolute Gasteiger partial charge is 0.163 e. The van der Waals surface area contributed by atoms with Crippen LogP contribution in [0, 0.1) is 0 Å². The summed E-state index contributed by atoms with van der Waals surface area (Å²) in [7, 11) is -1.57. The maximum atomic E-state index is 6.95. The van der Waals surface area contributed by atoms with Gasteiger partial charge in [0, 0.05) is 0 Å². The van der Waals surface area contributed by atoms with E-state index in [1.54, 1.807) is 0 Å². The van der Waals surface area contributed by atoms with Crippen molar-refractivity contribution in [3.05, 3.63) is 24.3 Å². The van der Waals surface area contributed by atoms with Gasteiger partial charge in [-0.1, -0.05) is 63.0 Å². The second-order valence-corrected chi connectivity index (χ2v) is 11.4. The summed E-state index contributed by atoms with van der Waals surface area (Å²) in [6, 6.07) is 0. The molecule has 0 N–H and O–H groups in total. The van der Waals surface area contributed by atoms with Crippen molar-refractivity contribution in [3.63, 3.8) is 0 Å². The van der Waals surface area contributed by atoms with Gasteiger partial charge in [0.1, 0.15) is 0 Å². The molecule has 2 rings (SSSR count). The summed E-state index contributed by atoms with van der Waals surface area (Å²) in [6.07, 6.45) is 17.2. The third-order valence-electron chi connectivity index (χ3n) is 4.11. The Balaban J connectivity index is 2.03. The minimum absolute atomic E-state index is 0.673. The molecule has 15 heavy (non-hydrogen) atoms. The average Bonchev–Trinajstić information content (AvgIpc) is 2.31. The lowest BCUT2D eigenvalue weighted by Crippen LogP contribution is -2.36. The van der Waals surface area contributed by atoms with Crippen LogP contribution >= 0.6 is 11.1 Å². The second kappa shape index (κ2) is 4.88. The minimum atomic E-state index is -1.57. The Morgan fingerprint density at radius 2 is 1.87 bits per heavy atom. The Hall–Kier alpha value is -0.0131. The Kier molecular flexibility index (Phi) is 3.73. The third-order valence-corrected chi connectivity index (χ3v) is 9.93. The Labute approximate surface area is 99.1 Å². The molecule has 0 aromatic rings. The Morgan fingerprint density at radius 3 is 2.47 bits per heavy atom. The van der Waals surface area contributed by atoms with Crippen LogP contribution in [-0.2, 0) is 0 Å². The molecule has 2 unspecified atom stereocenters. The summed E-state index contributed by atoms with van der Waals surface area (Å²) in [4.78, 5) is 0. The van der Waals surface area contributed by atoms with Crippen LogP contribution in [0.25, 0.3) is 0 Å². The second-order valence-electron chi connectivity index (χ2n) is 5.14. The molecule has 84 valence electrons. The van der Waals surface area contributed by atoms with Crippen LogP contribution in [0.15, 0.2) is 24.3 Å². The van der Waals surface area contributed by atoms with Crippen molar-refractivity contribution >= 4 is 18.5 Å². The predicted octanol–water partition coefficient (Wildman–Crippen LogP) is 5.02. The molecule has 0 nitrogen and oxygen atoms in total. The van der Waals surface area contributed by atoms with Crippen LogP contribution in [0.4, 0.5) is 0 Å². The fourth-order valence-corrected chi connectivity index (χ4v) is 7.34. The van der Waals surface area contributed by atoms with E-state index in [0.29, 0.717) is 5.54 Å². The van der Waals surface area contributed by atoms with E-state index in [2.05, 4.69) is 30.9 Å². The standard InChI is InChI=1S/C13H21ClSi/c1-15(14,12-8-4-2-5-9-12)13-10-6-3-7-11-13/h2,4-5,8,12-13H,3,6-7,9-11H2,1H3. The van der Waals surface area contributed by atoms with Crippen LogP contribution in [0.2, 0.25) is 17.6 Å². The molecule has 0 aliphatic heterocycles. The fourth-order valence-electron chi connectivity index (χ4n) is 2.97. The first-order valence-corrected chi connectivity index (χ1v) is 9.90. The summed E-state index contributed by atoms with van der Waals surface area (Å²) < 4.78 is 0. The SMILES string of the molecule is C[Si](Cl)(C1C=CC=CC1)C1CCCCC1. The van der Waals surface area contributed by atoms with E-state index in [9.17, 15) is 0 Å². The molecule has 2 atom stereocenters. The topological polar surface area (TPSA) is 0 Å². The maximum Gasteiger partial charge on any atom is 0.163 e. The Morgan fingerprint density at radius 1 is 1.13 bits per heavy atom. The molecule has 2 aliphatic rings. The normalized spacial score (nSPS) is 31.5. The average molecular weight is 241 g/mol. The molecule has 1 saturated carbocycles. The van der Waals surface area contributed by atoms with Crippen LogP contribution in [0.5, 0.6) is 0 Å². The molecule has 0 aromatic carbocycles. The third kappa shape index (κ3) is 2.57. The number of rotatable bonds is 2. The number of halogens is 1. The van der Waals surface area contributed by atoms with E-state index < -0.39 is 7.38 Å². The van der Waals surface area contributed by atoms with Crippen LogP contribution in [-0.4, -0.2) is 7.38 Å². The summed E-state index contributed by atoms with van der Waals surface area (Å²) in [6.45, 7) is 2.39. The molecule has 0 aromatic heterocycles. The number of hydrogen-bond acceptors (Lipinski definition) is 0. The van der Waals surface area contributed by atoms with E-state index in [0.717, 1.165) is 5.54 Å². The monoisotopic (exact) mass is 240 g/mol. The van der Waals surface area contributed by atoms with Crippen molar-refractivity contribution in [2.45, 2.75) is 56.2 Å². The molecular weight excluding hydrogens is 220 g/mol. The molecular formula is C13H21ClSi. The summed E-state index contributed by atoms with van der Waals surface area (Å²) >= 11 is 6.95. The zero-order valence-electron chi connectivity index (χ0n) is 9.58. The molecule has 2 aliphatic carbocycles. The Bertz CT molecular complexity index is 262. The highest BCUT2D eigenvalue weighted by molar-refractivity contribution is 7.21. The molecule has 0 saturated heterocycles. The van der Waals surface area contributed by atoms with Gasteiger partial charge in [0.15, 0.2) is 7.38 Å². The van der Waals surface area contributed by atoms with Crippen molar-refractivity contribution in [3.8, 4) is 0 Å². The predicted molar refractivity (Wildman–Crippen MR) is 71.0 cm³/mol. The molecule has 0 bridgehead atoms. The first-order chi connectivity index (χ1) is 7.21. The van der Waals surface area contributed by atoms with Gasteiger partial charge in [-0.3, -0.25) is 0 Å². The van der Waals surface area contributed by atoms with Crippen LogP contribution in [0.1, 0.15) is 38.5 Å². The van der Waals surface area contributed by atoms with Crippen LogP contribution < -0.4 is 0 Å². The zero-order valence-corrected chi connectivity index (χ0v) is 11.3. The summed E-state index contributed by atoms with van der Waals surface area (Å²) in [5, 5.41) is 0. The van der Waals surface area contributed by atoms with Crippen LogP contribution in [0.3, 0.4) is 0 Å². The maximum absolute atomic E-state index is 6.95. The van der Waals surface area contributed by atoms with E-state index in [-0.39, 0.29) is 0 Å². The first kappa shape index (κ1) is 11.5. The minimum Gasteiger partial charge on any atom is -0.166 e. The molecule has 0 spiro atoms. The quantitative estimate of drug-likeness (QED) is 0.470. The van der Waals surface area contributed by atoms with E-state index >= 15 is 0 Å². The van der Waals surface area contributed by atoms with E-state index in [1.165, 1.54) is 38.5 Å². The van der Waals surface area contributed by atoms with Gasteiger partial charge in [0.05, 0.1) is 0 Å². The lowest BCUT2D eigenvalue weighted by molar-refractivity contribution is 0.492. The first-order valence-electron chi connectivity index (χ1n) is 6.23. The number of hydrogen-bond donors (Lipinski definition) is 0. The zero-order chi connectivity index (χ0) is 10.7. The van der Waals surface area contributed by atoms with Gasteiger partial charge in [-0.25, -0.2) is 0 Å². The van der Waals surface area contributed by atoms with Crippen molar-refractivity contribution in [2.24, 2.45) is 0 Å². The highest BCUT2D eigenvalue weighted by atomic mass is 35.6.